The van der Waals surface area contributed by atoms with E-state index in [1.54, 1.807) is 4.90 Å². The Morgan fingerprint density at radius 2 is 2.33 bits per heavy atom. The van der Waals surface area contributed by atoms with Crippen molar-refractivity contribution in [2.24, 2.45) is 5.73 Å². The van der Waals surface area contributed by atoms with Crippen molar-refractivity contribution in [2.75, 3.05) is 13.1 Å². The number of benzene rings is 1. The van der Waals surface area contributed by atoms with Gasteiger partial charge < -0.3 is 10.5 Å². The zero-order chi connectivity index (χ0) is 13.2. The van der Waals surface area contributed by atoms with Gasteiger partial charge in [0.15, 0.2) is 0 Å². The number of rotatable bonds is 4. The van der Waals surface area contributed by atoms with E-state index >= 15 is 0 Å². The van der Waals surface area contributed by atoms with Gasteiger partial charge >= 0.3 is 6.09 Å². The lowest BCUT2D eigenvalue weighted by molar-refractivity contribution is 0.0669. The summed E-state index contributed by atoms with van der Waals surface area (Å²) in [4.78, 5) is 13.5. The van der Waals surface area contributed by atoms with Crippen LogP contribution in [0.5, 0.6) is 0 Å². The van der Waals surface area contributed by atoms with Crippen molar-refractivity contribution in [3.63, 3.8) is 0 Å². The Kier molecular flexibility index (Phi) is 3.92. The van der Waals surface area contributed by atoms with Crippen LogP contribution in [-0.4, -0.2) is 29.7 Å². The summed E-state index contributed by atoms with van der Waals surface area (Å²) in [5.74, 6) is 0. The van der Waals surface area contributed by atoms with E-state index < -0.39 is 5.60 Å². The van der Waals surface area contributed by atoms with Crippen molar-refractivity contribution in [2.45, 2.75) is 25.5 Å². The summed E-state index contributed by atoms with van der Waals surface area (Å²) in [6.07, 6.45) is 0.430. The van der Waals surface area contributed by atoms with Gasteiger partial charge in [-0.1, -0.05) is 28.1 Å². The fourth-order valence-corrected chi connectivity index (χ4v) is 2.63. The lowest BCUT2D eigenvalue weighted by Gasteiger charge is -2.20. The third-order valence-corrected chi connectivity index (χ3v) is 3.55. The van der Waals surface area contributed by atoms with Crippen molar-refractivity contribution >= 4 is 22.0 Å². The standard InChI is InChI=1S/C13H17BrN2O2/c1-13(5-6-15)9-16(12(17)18-13)8-10-3-2-4-11(14)7-10/h2-4,7H,5-6,8-9,15H2,1H3. The highest BCUT2D eigenvalue weighted by molar-refractivity contribution is 9.10. The number of nitrogens with zero attached hydrogens (tertiary/aromatic N) is 1. The number of cyclic esters (lactones) is 1. The summed E-state index contributed by atoms with van der Waals surface area (Å²) in [5, 5.41) is 0. The predicted molar refractivity (Wildman–Crippen MR) is 73.1 cm³/mol. The third kappa shape index (κ3) is 3.03. The lowest BCUT2D eigenvalue weighted by atomic mass is 10.0. The molecule has 4 nitrogen and oxygen atoms in total. The van der Waals surface area contributed by atoms with Gasteiger partial charge in [-0.05, 0) is 31.2 Å². The van der Waals surface area contributed by atoms with Gasteiger partial charge in [0.25, 0.3) is 0 Å². The van der Waals surface area contributed by atoms with E-state index in [2.05, 4.69) is 15.9 Å². The van der Waals surface area contributed by atoms with Crippen LogP contribution >= 0.6 is 15.9 Å². The molecule has 1 aromatic carbocycles. The molecule has 2 N–H and O–H groups in total. The number of carbonyl (C=O) groups excluding carboxylic acids is 1. The van der Waals surface area contributed by atoms with Crippen molar-refractivity contribution in [3.05, 3.63) is 34.3 Å². The zero-order valence-corrected chi connectivity index (χ0v) is 11.9. The number of nitrogens with two attached hydrogens (primary N) is 1. The Hall–Kier alpha value is -1.07. The number of hydrogen-bond donors (Lipinski definition) is 1. The average molecular weight is 313 g/mol. The molecule has 1 aliphatic heterocycles. The van der Waals surface area contributed by atoms with Crippen molar-refractivity contribution in [1.29, 1.82) is 0 Å². The van der Waals surface area contributed by atoms with E-state index in [1.807, 2.05) is 31.2 Å². The fourth-order valence-electron chi connectivity index (χ4n) is 2.19. The van der Waals surface area contributed by atoms with E-state index in [0.717, 1.165) is 10.0 Å². The highest BCUT2D eigenvalue weighted by Gasteiger charge is 2.40. The first-order valence-electron chi connectivity index (χ1n) is 5.95. The molecule has 1 fully saturated rings. The second-order valence-electron chi connectivity index (χ2n) is 4.84. The van der Waals surface area contributed by atoms with Gasteiger partial charge in [0.05, 0.1) is 6.54 Å². The van der Waals surface area contributed by atoms with Gasteiger partial charge in [0, 0.05) is 17.4 Å². The van der Waals surface area contributed by atoms with Crippen LogP contribution in [0.1, 0.15) is 18.9 Å². The van der Waals surface area contributed by atoms with Crippen LogP contribution in [0.3, 0.4) is 0 Å². The summed E-state index contributed by atoms with van der Waals surface area (Å²) < 4.78 is 6.41. The Labute approximate surface area is 115 Å². The third-order valence-electron chi connectivity index (χ3n) is 3.05. The molecule has 0 spiro atoms. The van der Waals surface area contributed by atoms with Gasteiger partial charge in [-0.3, -0.25) is 4.90 Å². The molecule has 18 heavy (non-hydrogen) atoms. The maximum Gasteiger partial charge on any atom is 0.410 e. The maximum atomic E-state index is 11.8. The molecule has 1 aromatic rings. The SMILES string of the molecule is CC1(CCN)CN(Cc2cccc(Br)c2)C(=O)O1. The molecule has 0 radical (unpaired) electrons. The van der Waals surface area contributed by atoms with Crippen molar-refractivity contribution < 1.29 is 9.53 Å². The molecule has 1 unspecified atom stereocenters. The number of halogens is 1. The maximum absolute atomic E-state index is 11.8. The van der Waals surface area contributed by atoms with Crippen LogP contribution < -0.4 is 5.73 Å². The molecule has 98 valence electrons. The molecule has 0 bridgehead atoms. The highest BCUT2D eigenvalue weighted by Crippen LogP contribution is 2.27. The number of hydrogen-bond acceptors (Lipinski definition) is 3. The van der Waals surface area contributed by atoms with E-state index in [1.165, 1.54) is 0 Å². The summed E-state index contributed by atoms with van der Waals surface area (Å²) >= 11 is 3.42. The Morgan fingerprint density at radius 1 is 1.56 bits per heavy atom. The molecule has 1 heterocycles. The lowest BCUT2D eigenvalue weighted by Crippen LogP contribution is -2.33. The van der Waals surface area contributed by atoms with E-state index in [9.17, 15) is 4.79 Å². The number of ether oxygens (including phenoxy) is 1. The van der Waals surface area contributed by atoms with Gasteiger partial charge in [-0.25, -0.2) is 4.79 Å². The number of carbonyl (C=O) groups is 1. The van der Waals surface area contributed by atoms with E-state index in [-0.39, 0.29) is 6.09 Å². The fraction of sp³-hybridized carbons (Fsp3) is 0.462. The van der Waals surface area contributed by atoms with E-state index in [0.29, 0.717) is 26.1 Å². The first-order valence-corrected chi connectivity index (χ1v) is 6.74. The minimum atomic E-state index is -0.447. The molecule has 1 amide bonds. The Morgan fingerprint density at radius 3 is 3.00 bits per heavy atom. The molecule has 0 saturated carbocycles. The molecular formula is C13H17BrN2O2. The van der Waals surface area contributed by atoms with Gasteiger partial charge in [0.2, 0.25) is 0 Å². The van der Waals surface area contributed by atoms with Crippen LogP contribution in [-0.2, 0) is 11.3 Å². The van der Waals surface area contributed by atoms with Crippen LogP contribution in [0.4, 0.5) is 4.79 Å². The average Bonchev–Trinajstić information content (AvgIpc) is 2.54. The largest absolute Gasteiger partial charge is 0.441 e. The quantitative estimate of drug-likeness (QED) is 0.929. The minimum absolute atomic E-state index is 0.258. The first-order chi connectivity index (χ1) is 8.52. The second kappa shape index (κ2) is 5.28. The van der Waals surface area contributed by atoms with Crippen LogP contribution in [0.15, 0.2) is 28.7 Å². The normalized spacial score (nSPS) is 23.3. The topological polar surface area (TPSA) is 55.6 Å². The summed E-state index contributed by atoms with van der Waals surface area (Å²) in [5.41, 5.74) is 6.18. The van der Waals surface area contributed by atoms with Gasteiger partial charge in [-0.15, -0.1) is 0 Å². The molecule has 1 aliphatic rings. The first kappa shape index (κ1) is 13.4. The zero-order valence-electron chi connectivity index (χ0n) is 10.4. The highest BCUT2D eigenvalue weighted by atomic mass is 79.9. The molecule has 0 aliphatic carbocycles. The molecular weight excluding hydrogens is 296 g/mol. The van der Waals surface area contributed by atoms with Crippen LogP contribution in [0.25, 0.3) is 0 Å². The van der Waals surface area contributed by atoms with Crippen molar-refractivity contribution in [1.82, 2.24) is 4.90 Å². The Balaban J connectivity index is 2.05. The minimum Gasteiger partial charge on any atom is -0.441 e. The second-order valence-corrected chi connectivity index (χ2v) is 5.76. The summed E-state index contributed by atoms with van der Waals surface area (Å²) in [6, 6.07) is 7.92. The molecule has 5 heteroatoms. The van der Waals surface area contributed by atoms with Crippen LogP contribution in [0.2, 0.25) is 0 Å². The number of amides is 1. The predicted octanol–water partition coefficient (Wildman–Crippen LogP) is 2.51. The van der Waals surface area contributed by atoms with E-state index in [4.69, 9.17) is 10.5 Å². The molecule has 0 aromatic heterocycles. The smallest absolute Gasteiger partial charge is 0.410 e. The molecule has 1 atom stereocenters. The monoisotopic (exact) mass is 312 g/mol. The summed E-state index contributed by atoms with van der Waals surface area (Å²) in [7, 11) is 0. The van der Waals surface area contributed by atoms with Gasteiger partial charge in [-0.2, -0.15) is 0 Å². The molecule has 1 saturated heterocycles. The van der Waals surface area contributed by atoms with Crippen molar-refractivity contribution in [3.8, 4) is 0 Å². The Bertz CT molecular complexity index is 452. The van der Waals surface area contributed by atoms with Gasteiger partial charge in [0.1, 0.15) is 5.60 Å². The molecule has 2 rings (SSSR count). The summed E-state index contributed by atoms with van der Waals surface area (Å²) in [6.45, 7) is 3.61. The van der Waals surface area contributed by atoms with Crippen LogP contribution in [0, 0.1) is 0 Å².